The van der Waals surface area contributed by atoms with Gasteiger partial charge < -0.3 is 10.6 Å². The molecule has 1 aromatic rings. The second-order valence-corrected chi connectivity index (χ2v) is 6.91. The van der Waals surface area contributed by atoms with Gasteiger partial charge in [0.05, 0.1) is 5.25 Å². The largest absolute Gasteiger partial charge is 0.355 e. The SMILES string of the molecule is CCCNC(C)c1ccc(SC2CCCCNC2=O)cc1. The summed E-state index contributed by atoms with van der Waals surface area (Å²) in [5, 5.41) is 6.56. The van der Waals surface area contributed by atoms with Crippen molar-refractivity contribution in [2.75, 3.05) is 13.1 Å². The Morgan fingerprint density at radius 2 is 2.10 bits per heavy atom. The van der Waals surface area contributed by atoms with Gasteiger partial charge >= 0.3 is 0 Å². The number of amides is 1. The predicted octanol–water partition coefficient (Wildman–Crippen LogP) is 3.51. The topological polar surface area (TPSA) is 41.1 Å². The highest BCUT2D eigenvalue weighted by molar-refractivity contribution is 8.00. The maximum absolute atomic E-state index is 12.0. The van der Waals surface area contributed by atoms with E-state index < -0.39 is 0 Å². The van der Waals surface area contributed by atoms with E-state index in [0.717, 1.165) is 38.8 Å². The summed E-state index contributed by atoms with van der Waals surface area (Å²) in [6.07, 6.45) is 4.36. The fourth-order valence-corrected chi connectivity index (χ4v) is 3.60. The molecule has 116 valence electrons. The number of hydrogen-bond donors (Lipinski definition) is 2. The van der Waals surface area contributed by atoms with Crippen LogP contribution in [0.5, 0.6) is 0 Å². The van der Waals surface area contributed by atoms with Gasteiger partial charge in [0.15, 0.2) is 0 Å². The average Bonchev–Trinajstić information content (AvgIpc) is 2.70. The van der Waals surface area contributed by atoms with Crippen LogP contribution in [0.15, 0.2) is 29.2 Å². The van der Waals surface area contributed by atoms with E-state index in [9.17, 15) is 4.79 Å². The zero-order valence-electron chi connectivity index (χ0n) is 13.0. The Morgan fingerprint density at radius 1 is 1.33 bits per heavy atom. The maximum Gasteiger partial charge on any atom is 0.233 e. The number of rotatable bonds is 6. The molecule has 0 spiro atoms. The Balaban J connectivity index is 1.93. The van der Waals surface area contributed by atoms with Crippen molar-refractivity contribution in [1.82, 2.24) is 10.6 Å². The summed E-state index contributed by atoms with van der Waals surface area (Å²) in [6.45, 7) is 6.24. The van der Waals surface area contributed by atoms with Gasteiger partial charge in [0.2, 0.25) is 5.91 Å². The van der Waals surface area contributed by atoms with Crippen LogP contribution in [-0.4, -0.2) is 24.2 Å². The van der Waals surface area contributed by atoms with Crippen molar-refractivity contribution in [3.63, 3.8) is 0 Å². The average molecular weight is 306 g/mol. The minimum atomic E-state index is 0.0639. The molecular formula is C17H26N2OS. The normalized spacial score (nSPS) is 20.7. The first-order valence-corrected chi connectivity index (χ1v) is 8.86. The summed E-state index contributed by atoms with van der Waals surface area (Å²) in [5.41, 5.74) is 1.30. The zero-order valence-corrected chi connectivity index (χ0v) is 13.8. The lowest BCUT2D eigenvalue weighted by molar-refractivity contribution is -0.120. The van der Waals surface area contributed by atoms with Crippen molar-refractivity contribution in [3.05, 3.63) is 29.8 Å². The Hall–Kier alpha value is -1.00. The molecule has 1 heterocycles. The first-order chi connectivity index (χ1) is 10.2. The first-order valence-electron chi connectivity index (χ1n) is 7.98. The molecule has 0 aliphatic carbocycles. The van der Waals surface area contributed by atoms with Gasteiger partial charge in [0.1, 0.15) is 0 Å². The lowest BCUT2D eigenvalue weighted by Crippen LogP contribution is -2.30. The van der Waals surface area contributed by atoms with Crippen LogP contribution in [0.2, 0.25) is 0 Å². The summed E-state index contributed by atoms with van der Waals surface area (Å²) < 4.78 is 0. The van der Waals surface area contributed by atoms with Crippen LogP contribution in [0.25, 0.3) is 0 Å². The molecule has 2 rings (SSSR count). The Kier molecular flexibility index (Phi) is 6.58. The Morgan fingerprint density at radius 3 is 2.81 bits per heavy atom. The summed E-state index contributed by atoms with van der Waals surface area (Å²) in [6, 6.07) is 9.00. The number of hydrogen-bond acceptors (Lipinski definition) is 3. The van der Waals surface area contributed by atoms with Crippen molar-refractivity contribution in [2.45, 2.75) is 55.7 Å². The highest BCUT2D eigenvalue weighted by Crippen LogP contribution is 2.29. The number of carbonyl (C=O) groups excluding carboxylic acids is 1. The van der Waals surface area contributed by atoms with Gasteiger partial charge in [-0.3, -0.25) is 4.79 Å². The molecule has 2 N–H and O–H groups in total. The molecule has 1 saturated heterocycles. The molecule has 0 saturated carbocycles. The quantitative estimate of drug-likeness (QED) is 0.845. The van der Waals surface area contributed by atoms with E-state index in [1.165, 1.54) is 10.5 Å². The molecule has 1 aliphatic heterocycles. The van der Waals surface area contributed by atoms with Gasteiger partial charge in [-0.15, -0.1) is 11.8 Å². The van der Waals surface area contributed by atoms with Crippen LogP contribution in [-0.2, 0) is 4.79 Å². The highest BCUT2D eigenvalue weighted by atomic mass is 32.2. The van der Waals surface area contributed by atoms with Crippen molar-refractivity contribution in [2.24, 2.45) is 0 Å². The van der Waals surface area contributed by atoms with Crippen LogP contribution >= 0.6 is 11.8 Å². The van der Waals surface area contributed by atoms with Gasteiger partial charge in [-0.25, -0.2) is 0 Å². The van der Waals surface area contributed by atoms with Crippen molar-refractivity contribution >= 4 is 17.7 Å². The fourth-order valence-electron chi connectivity index (χ4n) is 2.50. The molecule has 0 bridgehead atoms. The Bertz CT molecular complexity index is 447. The van der Waals surface area contributed by atoms with Gasteiger partial charge in [-0.05, 0) is 50.4 Å². The molecule has 4 heteroatoms. The molecule has 1 aromatic carbocycles. The van der Waals surface area contributed by atoms with Crippen molar-refractivity contribution in [1.29, 1.82) is 0 Å². The molecule has 1 fully saturated rings. The highest BCUT2D eigenvalue weighted by Gasteiger charge is 2.21. The number of carbonyl (C=O) groups is 1. The number of benzene rings is 1. The van der Waals surface area contributed by atoms with Gasteiger partial charge in [-0.2, -0.15) is 0 Å². The van der Waals surface area contributed by atoms with E-state index in [-0.39, 0.29) is 11.2 Å². The lowest BCUT2D eigenvalue weighted by atomic mass is 10.1. The monoisotopic (exact) mass is 306 g/mol. The molecule has 1 amide bonds. The molecule has 3 nitrogen and oxygen atoms in total. The van der Waals surface area contributed by atoms with Crippen LogP contribution < -0.4 is 10.6 Å². The Labute approximate surface area is 132 Å². The third kappa shape index (κ3) is 5.04. The summed E-state index contributed by atoms with van der Waals surface area (Å²) >= 11 is 1.69. The van der Waals surface area contributed by atoms with E-state index in [4.69, 9.17) is 0 Å². The molecule has 0 radical (unpaired) electrons. The maximum atomic E-state index is 12.0. The van der Waals surface area contributed by atoms with E-state index in [0.29, 0.717) is 6.04 Å². The molecule has 2 atom stereocenters. The van der Waals surface area contributed by atoms with Crippen LogP contribution in [0.3, 0.4) is 0 Å². The molecule has 2 unspecified atom stereocenters. The lowest BCUT2D eigenvalue weighted by Gasteiger charge is -2.15. The summed E-state index contributed by atoms with van der Waals surface area (Å²) in [4.78, 5) is 13.2. The minimum Gasteiger partial charge on any atom is -0.355 e. The molecular weight excluding hydrogens is 280 g/mol. The standard InChI is InChI=1S/C17H26N2OS/c1-3-11-18-13(2)14-7-9-15(10-8-14)21-16-6-4-5-12-19-17(16)20/h7-10,13,16,18H,3-6,11-12H2,1-2H3,(H,19,20). The first kappa shape index (κ1) is 16.4. The van der Waals surface area contributed by atoms with E-state index in [1.54, 1.807) is 11.8 Å². The second kappa shape index (κ2) is 8.44. The van der Waals surface area contributed by atoms with Crippen LogP contribution in [0, 0.1) is 0 Å². The third-order valence-electron chi connectivity index (χ3n) is 3.84. The minimum absolute atomic E-state index is 0.0639. The number of nitrogens with one attached hydrogen (secondary N) is 2. The van der Waals surface area contributed by atoms with E-state index >= 15 is 0 Å². The van der Waals surface area contributed by atoms with E-state index in [2.05, 4.69) is 48.7 Å². The van der Waals surface area contributed by atoms with Gasteiger partial charge in [-0.1, -0.05) is 25.5 Å². The van der Waals surface area contributed by atoms with Crippen LogP contribution in [0.4, 0.5) is 0 Å². The van der Waals surface area contributed by atoms with Gasteiger partial charge in [0.25, 0.3) is 0 Å². The number of thioether (sulfide) groups is 1. The molecule has 0 aromatic heterocycles. The second-order valence-electron chi connectivity index (χ2n) is 5.64. The van der Waals surface area contributed by atoms with Crippen molar-refractivity contribution < 1.29 is 4.79 Å². The van der Waals surface area contributed by atoms with E-state index in [1.807, 2.05) is 0 Å². The zero-order chi connectivity index (χ0) is 15.1. The smallest absolute Gasteiger partial charge is 0.233 e. The fraction of sp³-hybridized carbons (Fsp3) is 0.588. The van der Waals surface area contributed by atoms with Gasteiger partial charge in [0, 0.05) is 17.5 Å². The summed E-state index contributed by atoms with van der Waals surface area (Å²) in [7, 11) is 0. The van der Waals surface area contributed by atoms with Crippen molar-refractivity contribution in [3.8, 4) is 0 Å². The molecule has 21 heavy (non-hydrogen) atoms. The predicted molar refractivity (Wildman–Crippen MR) is 89.7 cm³/mol. The summed E-state index contributed by atoms with van der Waals surface area (Å²) in [5.74, 6) is 0.194. The third-order valence-corrected chi connectivity index (χ3v) is 5.12. The molecule has 1 aliphatic rings. The van der Waals surface area contributed by atoms with Crippen LogP contribution in [0.1, 0.15) is 51.1 Å².